The van der Waals surface area contributed by atoms with Crippen molar-refractivity contribution in [1.29, 1.82) is 0 Å². The Bertz CT molecular complexity index is 1010. The Hall–Kier alpha value is -3.87. The molecule has 0 fully saturated rings. The number of rotatable bonds is 5. The van der Waals surface area contributed by atoms with E-state index in [0.29, 0.717) is 11.3 Å². The van der Waals surface area contributed by atoms with Crippen molar-refractivity contribution in [2.75, 3.05) is 13.7 Å². The number of carbonyl (C=O) groups excluding carboxylic acids is 3. The Morgan fingerprint density at radius 1 is 0.821 bits per heavy atom. The number of benzene rings is 3. The summed E-state index contributed by atoms with van der Waals surface area (Å²) in [4.78, 5) is 35.3. The maximum Gasteiger partial charge on any atom is 0.337 e. The molecule has 3 aromatic rings. The van der Waals surface area contributed by atoms with Gasteiger partial charge in [-0.3, -0.25) is 20.4 Å². The normalized spacial score (nSPS) is 10.2. The molecule has 0 radical (unpaired) electrons. The van der Waals surface area contributed by atoms with Gasteiger partial charge < -0.3 is 9.47 Å². The van der Waals surface area contributed by atoms with E-state index < -0.39 is 17.8 Å². The number of amides is 2. The minimum atomic E-state index is -0.518. The zero-order valence-electron chi connectivity index (χ0n) is 15.1. The highest BCUT2D eigenvalue weighted by Crippen LogP contribution is 2.20. The summed E-state index contributed by atoms with van der Waals surface area (Å²) < 4.78 is 10.0. The highest BCUT2D eigenvalue weighted by atomic mass is 16.5. The first-order valence-electron chi connectivity index (χ1n) is 8.46. The predicted octanol–water partition coefficient (Wildman–Crippen LogP) is 2.47. The van der Waals surface area contributed by atoms with Gasteiger partial charge in [0.1, 0.15) is 5.75 Å². The van der Waals surface area contributed by atoms with Gasteiger partial charge in [-0.1, -0.05) is 30.3 Å². The molecule has 0 saturated heterocycles. The molecular formula is C21H18N2O5. The highest BCUT2D eigenvalue weighted by Gasteiger charge is 2.10. The van der Waals surface area contributed by atoms with Crippen LogP contribution in [0.4, 0.5) is 0 Å². The van der Waals surface area contributed by atoms with Crippen LogP contribution in [-0.2, 0) is 9.53 Å². The van der Waals surface area contributed by atoms with E-state index >= 15 is 0 Å². The molecular weight excluding hydrogens is 360 g/mol. The second-order valence-electron chi connectivity index (χ2n) is 5.87. The van der Waals surface area contributed by atoms with Crippen LogP contribution in [0.2, 0.25) is 0 Å². The number of hydrogen-bond acceptors (Lipinski definition) is 5. The molecule has 2 amide bonds. The van der Waals surface area contributed by atoms with Crippen molar-refractivity contribution in [3.8, 4) is 5.75 Å². The maximum atomic E-state index is 12.0. The molecule has 28 heavy (non-hydrogen) atoms. The van der Waals surface area contributed by atoms with Crippen molar-refractivity contribution in [2.45, 2.75) is 0 Å². The molecule has 0 atom stereocenters. The first-order chi connectivity index (χ1) is 13.6. The summed E-state index contributed by atoms with van der Waals surface area (Å²) in [5.74, 6) is -0.965. The minimum absolute atomic E-state index is 0.250. The molecule has 0 aliphatic carbocycles. The number of hydrazine groups is 1. The number of methoxy groups -OCH3 is 1. The van der Waals surface area contributed by atoms with Gasteiger partial charge in [0.05, 0.1) is 12.7 Å². The Labute approximate surface area is 161 Å². The fourth-order valence-electron chi connectivity index (χ4n) is 2.52. The number of hydrogen-bond donors (Lipinski definition) is 2. The predicted molar refractivity (Wildman–Crippen MR) is 103 cm³/mol. The topological polar surface area (TPSA) is 93.7 Å². The van der Waals surface area contributed by atoms with Crippen molar-refractivity contribution < 1.29 is 23.9 Å². The van der Waals surface area contributed by atoms with E-state index in [1.165, 1.54) is 31.4 Å². The van der Waals surface area contributed by atoms with Gasteiger partial charge in [0, 0.05) is 5.56 Å². The van der Waals surface area contributed by atoms with E-state index in [-0.39, 0.29) is 12.2 Å². The Kier molecular flexibility index (Phi) is 5.86. The third-order valence-corrected chi connectivity index (χ3v) is 3.97. The van der Waals surface area contributed by atoms with Gasteiger partial charge in [0.2, 0.25) is 0 Å². The minimum Gasteiger partial charge on any atom is -0.484 e. The third kappa shape index (κ3) is 4.64. The van der Waals surface area contributed by atoms with Crippen molar-refractivity contribution in [2.24, 2.45) is 0 Å². The molecule has 2 N–H and O–H groups in total. The first kappa shape index (κ1) is 18.9. The molecule has 0 saturated carbocycles. The number of fused-ring (bicyclic) bond motifs is 1. The lowest BCUT2D eigenvalue weighted by molar-refractivity contribution is -0.123. The molecule has 0 aromatic heterocycles. The number of nitrogens with one attached hydrogen (secondary N) is 2. The maximum absolute atomic E-state index is 12.0. The van der Waals surface area contributed by atoms with Gasteiger partial charge in [-0.05, 0) is 47.2 Å². The number of esters is 1. The van der Waals surface area contributed by atoms with E-state index in [0.717, 1.165) is 10.8 Å². The van der Waals surface area contributed by atoms with Crippen LogP contribution < -0.4 is 15.6 Å². The summed E-state index contributed by atoms with van der Waals surface area (Å²) in [6, 6.07) is 19.2. The molecule has 7 nitrogen and oxygen atoms in total. The Balaban J connectivity index is 1.49. The van der Waals surface area contributed by atoms with Gasteiger partial charge in [-0.2, -0.15) is 0 Å². The SMILES string of the molecule is COC(=O)c1ccc(C(=O)NNC(=O)COc2ccc3ccccc3c2)cc1. The summed E-state index contributed by atoms with van der Waals surface area (Å²) >= 11 is 0. The van der Waals surface area contributed by atoms with Crippen LogP contribution in [-0.4, -0.2) is 31.5 Å². The van der Waals surface area contributed by atoms with E-state index in [1.807, 2.05) is 36.4 Å². The second-order valence-corrected chi connectivity index (χ2v) is 5.87. The van der Waals surface area contributed by atoms with Crippen molar-refractivity contribution in [1.82, 2.24) is 10.9 Å². The van der Waals surface area contributed by atoms with E-state index in [9.17, 15) is 14.4 Å². The van der Waals surface area contributed by atoms with Crippen LogP contribution in [0.25, 0.3) is 10.8 Å². The lowest BCUT2D eigenvalue weighted by atomic mass is 10.1. The molecule has 0 aliphatic rings. The molecule has 0 heterocycles. The summed E-state index contributed by atoms with van der Waals surface area (Å²) in [7, 11) is 1.28. The Morgan fingerprint density at radius 3 is 2.21 bits per heavy atom. The van der Waals surface area contributed by atoms with Gasteiger partial charge in [0.25, 0.3) is 11.8 Å². The van der Waals surface area contributed by atoms with Crippen molar-refractivity contribution in [3.63, 3.8) is 0 Å². The van der Waals surface area contributed by atoms with Gasteiger partial charge >= 0.3 is 5.97 Å². The first-order valence-corrected chi connectivity index (χ1v) is 8.46. The van der Waals surface area contributed by atoms with E-state index in [2.05, 4.69) is 15.6 Å². The second kappa shape index (κ2) is 8.68. The van der Waals surface area contributed by atoms with Gasteiger partial charge in [0.15, 0.2) is 6.61 Å². The van der Waals surface area contributed by atoms with Crippen LogP contribution in [0, 0.1) is 0 Å². The highest BCUT2D eigenvalue weighted by molar-refractivity contribution is 5.97. The summed E-state index contributed by atoms with van der Waals surface area (Å²) in [5, 5.41) is 2.08. The lowest BCUT2D eigenvalue weighted by Crippen LogP contribution is -2.43. The molecule has 142 valence electrons. The lowest BCUT2D eigenvalue weighted by Gasteiger charge is -2.09. The summed E-state index contributed by atoms with van der Waals surface area (Å²) in [5.41, 5.74) is 5.18. The Morgan fingerprint density at radius 2 is 1.50 bits per heavy atom. The fraction of sp³-hybridized carbons (Fsp3) is 0.0952. The average molecular weight is 378 g/mol. The van der Waals surface area contributed by atoms with Crippen LogP contribution in [0.1, 0.15) is 20.7 Å². The van der Waals surface area contributed by atoms with Crippen LogP contribution >= 0.6 is 0 Å². The number of ether oxygens (including phenoxy) is 2. The molecule has 0 unspecified atom stereocenters. The van der Waals surface area contributed by atoms with Crippen molar-refractivity contribution >= 4 is 28.6 Å². The molecule has 3 rings (SSSR count). The van der Waals surface area contributed by atoms with Gasteiger partial charge in [-0.25, -0.2) is 4.79 Å². The smallest absolute Gasteiger partial charge is 0.337 e. The number of carbonyl (C=O) groups is 3. The standard InChI is InChI=1S/C21H18N2O5/c1-27-21(26)16-8-6-15(7-9-16)20(25)23-22-19(24)13-28-18-11-10-14-4-2-3-5-17(14)12-18/h2-12H,13H2,1H3,(H,22,24)(H,23,25). The zero-order valence-corrected chi connectivity index (χ0v) is 15.1. The third-order valence-electron chi connectivity index (χ3n) is 3.97. The van der Waals surface area contributed by atoms with Crippen LogP contribution in [0.15, 0.2) is 66.7 Å². The molecule has 0 aliphatic heterocycles. The van der Waals surface area contributed by atoms with Gasteiger partial charge in [-0.15, -0.1) is 0 Å². The largest absolute Gasteiger partial charge is 0.484 e. The average Bonchev–Trinajstić information content (AvgIpc) is 2.75. The molecule has 7 heteroatoms. The quantitative estimate of drug-likeness (QED) is 0.525. The van der Waals surface area contributed by atoms with Crippen LogP contribution in [0.5, 0.6) is 5.75 Å². The van der Waals surface area contributed by atoms with Crippen LogP contribution in [0.3, 0.4) is 0 Å². The molecule has 3 aromatic carbocycles. The zero-order chi connectivity index (χ0) is 19.9. The fourth-order valence-corrected chi connectivity index (χ4v) is 2.52. The molecule has 0 bridgehead atoms. The summed E-state index contributed by atoms with van der Waals surface area (Å²) in [6.07, 6.45) is 0. The molecule has 0 spiro atoms. The monoisotopic (exact) mass is 378 g/mol. The van der Waals surface area contributed by atoms with Crippen molar-refractivity contribution in [3.05, 3.63) is 77.9 Å². The van der Waals surface area contributed by atoms with E-state index in [1.54, 1.807) is 6.07 Å². The van der Waals surface area contributed by atoms with E-state index in [4.69, 9.17) is 4.74 Å². The summed E-state index contributed by atoms with van der Waals surface area (Å²) in [6.45, 7) is -0.250.